The first-order valence-corrected chi connectivity index (χ1v) is 8.09. The summed E-state index contributed by atoms with van der Waals surface area (Å²) in [7, 11) is 0. The number of carbonyl (C=O) groups excluding carboxylic acids is 2. The lowest BCUT2D eigenvalue weighted by atomic mass is 10.1. The average Bonchev–Trinajstić information content (AvgIpc) is 2.58. The van der Waals surface area contributed by atoms with E-state index in [0.717, 1.165) is 22.4 Å². The number of nitrogens with one attached hydrogen (secondary N) is 3. The number of anilines is 1. The largest absolute Gasteiger partial charge is 0.376 e. The summed E-state index contributed by atoms with van der Waals surface area (Å²) in [6, 6.07) is 13.7. The summed E-state index contributed by atoms with van der Waals surface area (Å²) in [6.45, 7) is 6.04. The molecule has 2 aromatic rings. The van der Waals surface area contributed by atoms with Crippen LogP contribution >= 0.6 is 0 Å². The fourth-order valence-corrected chi connectivity index (χ4v) is 2.34. The van der Waals surface area contributed by atoms with E-state index in [0.29, 0.717) is 0 Å². The molecule has 0 radical (unpaired) electrons. The zero-order chi connectivity index (χ0) is 18.2. The molecule has 0 aliphatic carbocycles. The van der Waals surface area contributed by atoms with Gasteiger partial charge in [-0.2, -0.15) is 0 Å². The molecule has 0 heterocycles. The van der Waals surface area contributed by atoms with Crippen LogP contribution in [0.25, 0.3) is 6.08 Å². The number of rotatable bonds is 5. The zero-order valence-electron chi connectivity index (χ0n) is 14.7. The van der Waals surface area contributed by atoms with Gasteiger partial charge < -0.3 is 5.32 Å². The van der Waals surface area contributed by atoms with Crippen molar-refractivity contribution in [3.63, 3.8) is 0 Å². The van der Waals surface area contributed by atoms with Gasteiger partial charge in [-0.25, -0.2) is 0 Å². The van der Waals surface area contributed by atoms with Crippen LogP contribution in [0.4, 0.5) is 5.69 Å². The fraction of sp³-hybridized carbons (Fsp3) is 0.200. The first-order chi connectivity index (χ1) is 12.0. The Morgan fingerprint density at radius 3 is 2.44 bits per heavy atom. The van der Waals surface area contributed by atoms with Crippen LogP contribution in [0.3, 0.4) is 0 Å². The minimum Gasteiger partial charge on any atom is -0.376 e. The van der Waals surface area contributed by atoms with Crippen LogP contribution < -0.4 is 16.2 Å². The number of carbonyl (C=O) groups is 2. The Balaban J connectivity index is 1.77. The summed E-state index contributed by atoms with van der Waals surface area (Å²) in [6.07, 6.45) is 3.10. The van der Waals surface area contributed by atoms with Crippen LogP contribution in [-0.2, 0) is 9.59 Å². The van der Waals surface area contributed by atoms with Gasteiger partial charge in [0.2, 0.25) is 0 Å². The van der Waals surface area contributed by atoms with Gasteiger partial charge in [-0.1, -0.05) is 42.0 Å². The van der Waals surface area contributed by atoms with Crippen LogP contribution in [-0.4, -0.2) is 18.4 Å². The van der Waals surface area contributed by atoms with Crippen molar-refractivity contribution in [3.8, 4) is 0 Å². The average molecular weight is 337 g/mol. The predicted molar refractivity (Wildman–Crippen MR) is 101 cm³/mol. The van der Waals surface area contributed by atoms with Crippen molar-refractivity contribution in [2.24, 2.45) is 0 Å². The maximum Gasteiger partial charge on any atom is 0.262 e. The van der Waals surface area contributed by atoms with Gasteiger partial charge in [0.25, 0.3) is 11.8 Å². The van der Waals surface area contributed by atoms with E-state index in [-0.39, 0.29) is 18.4 Å². The number of hydrogen-bond donors (Lipinski definition) is 3. The second kappa shape index (κ2) is 8.68. The van der Waals surface area contributed by atoms with Gasteiger partial charge in [0.15, 0.2) is 0 Å². The lowest BCUT2D eigenvalue weighted by Crippen LogP contribution is -2.43. The molecule has 0 spiro atoms. The van der Waals surface area contributed by atoms with Crippen molar-refractivity contribution in [2.75, 3.05) is 11.9 Å². The summed E-state index contributed by atoms with van der Waals surface area (Å²) >= 11 is 0. The van der Waals surface area contributed by atoms with E-state index < -0.39 is 0 Å². The smallest absolute Gasteiger partial charge is 0.262 e. The number of amides is 2. The lowest BCUT2D eigenvalue weighted by molar-refractivity contribution is -0.125. The molecule has 130 valence electrons. The molecule has 0 saturated carbocycles. The van der Waals surface area contributed by atoms with Crippen molar-refractivity contribution < 1.29 is 9.59 Å². The van der Waals surface area contributed by atoms with Gasteiger partial charge in [0.1, 0.15) is 0 Å². The Morgan fingerprint density at radius 1 is 0.960 bits per heavy atom. The molecule has 0 aromatic heterocycles. The Labute approximate surface area is 148 Å². The molecule has 25 heavy (non-hydrogen) atoms. The number of aryl methyl sites for hydroxylation is 3. The van der Waals surface area contributed by atoms with E-state index in [4.69, 9.17) is 0 Å². The number of benzene rings is 2. The minimum atomic E-state index is -0.386. The Morgan fingerprint density at radius 2 is 1.72 bits per heavy atom. The highest BCUT2D eigenvalue weighted by molar-refractivity contribution is 5.93. The van der Waals surface area contributed by atoms with Gasteiger partial charge in [0.05, 0.1) is 6.54 Å². The first kappa shape index (κ1) is 18.3. The van der Waals surface area contributed by atoms with Gasteiger partial charge in [-0.05, 0) is 49.6 Å². The van der Waals surface area contributed by atoms with Crippen molar-refractivity contribution in [2.45, 2.75) is 20.8 Å². The van der Waals surface area contributed by atoms with Gasteiger partial charge in [0, 0.05) is 11.8 Å². The third-order valence-corrected chi connectivity index (χ3v) is 3.75. The summed E-state index contributed by atoms with van der Waals surface area (Å²) < 4.78 is 0. The summed E-state index contributed by atoms with van der Waals surface area (Å²) in [5, 5.41) is 3.05. The third kappa shape index (κ3) is 5.80. The van der Waals surface area contributed by atoms with Crippen LogP contribution in [0, 0.1) is 20.8 Å². The highest BCUT2D eigenvalue weighted by Gasteiger charge is 2.04. The van der Waals surface area contributed by atoms with E-state index in [2.05, 4.69) is 16.2 Å². The van der Waals surface area contributed by atoms with Crippen molar-refractivity contribution in [3.05, 3.63) is 70.8 Å². The highest BCUT2D eigenvalue weighted by atomic mass is 16.2. The molecule has 0 aliphatic rings. The molecule has 0 saturated heterocycles. The van der Waals surface area contributed by atoms with Crippen molar-refractivity contribution >= 4 is 23.6 Å². The predicted octanol–water partition coefficient (Wildman–Crippen LogP) is 2.88. The maximum absolute atomic E-state index is 11.8. The van der Waals surface area contributed by atoms with Crippen LogP contribution in [0.2, 0.25) is 0 Å². The number of hydrazine groups is 1. The van der Waals surface area contributed by atoms with E-state index in [9.17, 15) is 9.59 Å². The van der Waals surface area contributed by atoms with Gasteiger partial charge >= 0.3 is 0 Å². The summed E-state index contributed by atoms with van der Waals surface area (Å²) in [5.74, 6) is -0.708. The lowest BCUT2D eigenvalue weighted by Gasteiger charge is -2.10. The summed E-state index contributed by atoms with van der Waals surface area (Å²) in [5.41, 5.74) is 9.91. The molecule has 0 bridgehead atoms. The third-order valence-electron chi connectivity index (χ3n) is 3.75. The van der Waals surface area contributed by atoms with E-state index >= 15 is 0 Å². The second-order valence-electron chi connectivity index (χ2n) is 5.90. The molecular formula is C20H23N3O2. The second-order valence-corrected chi connectivity index (χ2v) is 5.90. The van der Waals surface area contributed by atoms with Crippen LogP contribution in [0.1, 0.15) is 22.3 Å². The molecule has 2 rings (SSSR count). The molecule has 0 aliphatic heterocycles. The van der Waals surface area contributed by atoms with Crippen LogP contribution in [0.15, 0.2) is 48.5 Å². The normalized spacial score (nSPS) is 10.5. The SMILES string of the molecule is Cc1ccc(NCC(=O)NNC(=O)/C=C/c2ccccc2C)c(C)c1. The highest BCUT2D eigenvalue weighted by Crippen LogP contribution is 2.15. The monoisotopic (exact) mass is 337 g/mol. The standard InChI is InChI=1S/C20H23N3O2/c1-14-8-10-18(16(3)12-14)21-13-20(25)23-22-19(24)11-9-17-7-5-4-6-15(17)2/h4-12,21H,13H2,1-3H3,(H,22,24)(H,23,25)/b11-9+. The molecule has 2 amide bonds. The minimum absolute atomic E-state index is 0.0751. The number of hydrogen-bond acceptors (Lipinski definition) is 3. The van der Waals surface area contributed by atoms with Gasteiger partial charge in [-0.15, -0.1) is 0 Å². The Hall–Kier alpha value is -3.08. The molecule has 0 unspecified atom stereocenters. The van der Waals surface area contributed by atoms with E-state index in [1.165, 1.54) is 11.6 Å². The molecule has 2 aromatic carbocycles. The molecular weight excluding hydrogens is 314 g/mol. The summed E-state index contributed by atoms with van der Waals surface area (Å²) in [4.78, 5) is 23.6. The molecule has 5 nitrogen and oxygen atoms in total. The molecule has 3 N–H and O–H groups in total. The van der Waals surface area contributed by atoms with Gasteiger partial charge in [-0.3, -0.25) is 20.4 Å². The van der Waals surface area contributed by atoms with Crippen molar-refractivity contribution in [1.82, 2.24) is 10.9 Å². The Bertz CT molecular complexity index is 797. The van der Waals surface area contributed by atoms with E-state index in [1.54, 1.807) is 6.08 Å². The zero-order valence-corrected chi connectivity index (χ0v) is 14.7. The maximum atomic E-state index is 11.8. The quantitative estimate of drug-likeness (QED) is 0.580. The molecule has 5 heteroatoms. The molecule has 0 fully saturated rings. The van der Waals surface area contributed by atoms with E-state index in [1.807, 2.05) is 63.2 Å². The fourth-order valence-electron chi connectivity index (χ4n) is 2.34. The van der Waals surface area contributed by atoms with Crippen LogP contribution in [0.5, 0.6) is 0 Å². The Kier molecular flexibility index (Phi) is 6.34. The first-order valence-electron chi connectivity index (χ1n) is 8.09. The molecule has 0 atom stereocenters. The van der Waals surface area contributed by atoms with Crippen molar-refractivity contribution in [1.29, 1.82) is 0 Å². The topological polar surface area (TPSA) is 70.2 Å².